The Labute approximate surface area is 135 Å². The summed E-state index contributed by atoms with van der Waals surface area (Å²) in [5.41, 5.74) is 0.692. The Hall–Kier alpha value is -2.28. The molecular weight excluding hydrogens is 295 g/mol. The van der Waals surface area contributed by atoms with E-state index in [0.717, 1.165) is 25.3 Å². The smallest absolute Gasteiger partial charge is 0.226 e. The third-order valence-electron chi connectivity index (χ3n) is 3.92. The summed E-state index contributed by atoms with van der Waals surface area (Å²) in [6, 6.07) is 3.92. The van der Waals surface area contributed by atoms with Crippen LogP contribution in [0.4, 0.5) is 16.2 Å². The number of anilines is 2. The molecule has 0 radical (unpaired) electrons. The van der Waals surface area contributed by atoms with E-state index in [-0.39, 0.29) is 5.82 Å². The molecule has 1 saturated heterocycles. The lowest BCUT2D eigenvalue weighted by Gasteiger charge is -2.18. The molecule has 1 unspecified atom stereocenters. The van der Waals surface area contributed by atoms with E-state index in [9.17, 15) is 4.39 Å². The highest BCUT2D eigenvalue weighted by Gasteiger charge is 2.23. The summed E-state index contributed by atoms with van der Waals surface area (Å²) >= 11 is 0. The first kappa shape index (κ1) is 15.6. The van der Waals surface area contributed by atoms with Crippen LogP contribution in [0.2, 0.25) is 0 Å². The van der Waals surface area contributed by atoms with Gasteiger partial charge < -0.3 is 10.2 Å². The van der Waals surface area contributed by atoms with E-state index in [0.29, 0.717) is 24.1 Å². The molecule has 0 amide bonds. The highest BCUT2D eigenvalue weighted by atomic mass is 19.1. The van der Waals surface area contributed by atoms with E-state index in [4.69, 9.17) is 0 Å². The Balaban J connectivity index is 1.58. The average Bonchev–Trinajstić information content (AvgIpc) is 2.97. The molecular formula is C16H21FN6. The Bertz CT molecular complexity index is 663. The van der Waals surface area contributed by atoms with E-state index in [1.54, 1.807) is 18.5 Å². The zero-order valence-electron chi connectivity index (χ0n) is 13.4. The van der Waals surface area contributed by atoms with Crippen LogP contribution in [-0.4, -0.2) is 53.1 Å². The van der Waals surface area contributed by atoms with Crippen LogP contribution in [0.3, 0.4) is 0 Å². The summed E-state index contributed by atoms with van der Waals surface area (Å²) in [7, 11) is 3.83. The fraction of sp³-hybridized carbons (Fsp3) is 0.438. The maximum atomic E-state index is 13.7. The first-order valence-electron chi connectivity index (χ1n) is 7.69. The fourth-order valence-corrected chi connectivity index (χ4v) is 2.72. The zero-order chi connectivity index (χ0) is 16.2. The van der Waals surface area contributed by atoms with Crippen LogP contribution < -0.4 is 10.2 Å². The third-order valence-corrected chi connectivity index (χ3v) is 3.92. The Morgan fingerprint density at radius 3 is 3.00 bits per heavy atom. The van der Waals surface area contributed by atoms with Gasteiger partial charge in [-0.3, -0.25) is 9.88 Å². The van der Waals surface area contributed by atoms with Crippen molar-refractivity contribution in [3.63, 3.8) is 0 Å². The molecule has 6 nitrogen and oxygen atoms in total. The first-order valence-corrected chi connectivity index (χ1v) is 7.69. The van der Waals surface area contributed by atoms with Crippen molar-refractivity contribution >= 4 is 11.8 Å². The largest absolute Gasteiger partial charge is 0.366 e. The van der Waals surface area contributed by atoms with E-state index in [2.05, 4.69) is 25.2 Å². The first-order chi connectivity index (χ1) is 11.1. The van der Waals surface area contributed by atoms with Gasteiger partial charge in [-0.25, -0.2) is 9.37 Å². The number of likely N-dealkylation sites (tertiary alicyclic amines) is 1. The normalized spacial score (nSPS) is 18.1. The van der Waals surface area contributed by atoms with Crippen LogP contribution >= 0.6 is 0 Å². The highest BCUT2D eigenvalue weighted by Crippen LogP contribution is 2.18. The van der Waals surface area contributed by atoms with Crippen molar-refractivity contribution in [3.8, 4) is 0 Å². The van der Waals surface area contributed by atoms with E-state index in [1.807, 2.05) is 25.1 Å². The fourth-order valence-electron chi connectivity index (χ4n) is 2.72. The second kappa shape index (κ2) is 6.87. The predicted octanol–water partition coefficient (Wildman–Crippen LogP) is 1.76. The monoisotopic (exact) mass is 316 g/mol. The lowest BCUT2D eigenvalue weighted by molar-refractivity contribution is 0.322. The number of hydrogen-bond acceptors (Lipinski definition) is 6. The van der Waals surface area contributed by atoms with Crippen LogP contribution in [-0.2, 0) is 6.54 Å². The van der Waals surface area contributed by atoms with Crippen LogP contribution in [0.25, 0.3) is 0 Å². The van der Waals surface area contributed by atoms with E-state index >= 15 is 0 Å². The third kappa shape index (κ3) is 3.92. The SMILES string of the molecule is CN(C)c1nccc(NC2CCN(Cc3ccncc3F)C2)n1. The molecule has 1 aliphatic rings. The second-order valence-electron chi connectivity index (χ2n) is 5.97. The van der Waals surface area contributed by atoms with Gasteiger partial charge in [-0.15, -0.1) is 0 Å². The van der Waals surface area contributed by atoms with Crippen molar-refractivity contribution in [1.82, 2.24) is 19.9 Å². The minimum Gasteiger partial charge on any atom is -0.366 e. The summed E-state index contributed by atoms with van der Waals surface area (Å²) in [5, 5.41) is 3.44. The number of nitrogens with one attached hydrogen (secondary N) is 1. The zero-order valence-corrected chi connectivity index (χ0v) is 13.4. The van der Waals surface area contributed by atoms with Gasteiger partial charge in [0.1, 0.15) is 11.6 Å². The highest BCUT2D eigenvalue weighted by molar-refractivity contribution is 5.41. The Morgan fingerprint density at radius 1 is 1.35 bits per heavy atom. The summed E-state index contributed by atoms with van der Waals surface area (Å²) < 4.78 is 13.7. The molecule has 0 bridgehead atoms. The summed E-state index contributed by atoms with van der Waals surface area (Å²) in [5.74, 6) is 1.27. The van der Waals surface area contributed by atoms with Crippen molar-refractivity contribution in [2.75, 3.05) is 37.4 Å². The molecule has 3 heterocycles. The molecule has 1 atom stereocenters. The summed E-state index contributed by atoms with van der Waals surface area (Å²) in [6.45, 7) is 2.41. The minimum absolute atomic E-state index is 0.240. The lowest BCUT2D eigenvalue weighted by atomic mass is 10.2. The van der Waals surface area contributed by atoms with E-state index in [1.165, 1.54) is 6.20 Å². The Kier molecular flexibility index (Phi) is 4.66. The number of halogens is 1. The second-order valence-corrected chi connectivity index (χ2v) is 5.97. The maximum Gasteiger partial charge on any atom is 0.226 e. The molecule has 23 heavy (non-hydrogen) atoms. The molecule has 0 saturated carbocycles. The quantitative estimate of drug-likeness (QED) is 0.907. The van der Waals surface area contributed by atoms with Gasteiger partial charge in [0.2, 0.25) is 5.95 Å². The molecule has 1 fully saturated rings. The lowest BCUT2D eigenvalue weighted by Crippen LogP contribution is -2.27. The molecule has 122 valence electrons. The number of hydrogen-bond donors (Lipinski definition) is 1. The van der Waals surface area contributed by atoms with Gasteiger partial charge in [0, 0.05) is 57.7 Å². The van der Waals surface area contributed by atoms with Gasteiger partial charge in [-0.1, -0.05) is 0 Å². The average molecular weight is 316 g/mol. The van der Waals surface area contributed by atoms with Gasteiger partial charge in [0.25, 0.3) is 0 Å². The molecule has 2 aromatic rings. The Morgan fingerprint density at radius 2 is 2.22 bits per heavy atom. The summed E-state index contributed by atoms with van der Waals surface area (Å²) in [4.78, 5) is 16.6. The number of pyridine rings is 1. The number of rotatable bonds is 5. The van der Waals surface area contributed by atoms with Crippen LogP contribution in [0.15, 0.2) is 30.7 Å². The topological polar surface area (TPSA) is 57.2 Å². The van der Waals surface area contributed by atoms with Crippen molar-refractivity contribution in [2.45, 2.75) is 19.0 Å². The summed E-state index contributed by atoms with van der Waals surface area (Å²) in [6.07, 6.45) is 5.66. The predicted molar refractivity (Wildman–Crippen MR) is 87.9 cm³/mol. The van der Waals surface area contributed by atoms with Crippen molar-refractivity contribution in [2.24, 2.45) is 0 Å². The van der Waals surface area contributed by atoms with Crippen LogP contribution in [0.5, 0.6) is 0 Å². The van der Waals surface area contributed by atoms with Crippen LogP contribution in [0.1, 0.15) is 12.0 Å². The van der Waals surface area contributed by atoms with Gasteiger partial charge in [0.05, 0.1) is 6.20 Å². The number of aromatic nitrogens is 3. The number of nitrogens with zero attached hydrogens (tertiary/aromatic N) is 5. The van der Waals surface area contributed by atoms with Gasteiger partial charge in [0.15, 0.2) is 0 Å². The molecule has 0 aromatic carbocycles. The molecule has 0 aliphatic carbocycles. The minimum atomic E-state index is -0.240. The standard InChI is InChI=1S/C16H21FN6/c1-22(2)16-19-7-4-15(21-16)20-13-5-8-23(11-13)10-12-3-6-18-9-14(12)17/h3-4,6-7,9,13H,5,8,10-11H2,1-2H3,(H,19,20,21). The maximum absolute atomic E-state index is 13.7. The van der Waals surface area contributed by atoms with E-state index < -0.39 is 0 Å². The van der Waals surface area contributed by atoms with Crippen LogP contribution in [0, 0.1) is 5.82 Å². The molecule has 3 rings (SSSR count). The molecule has 2 aromatic heterocycles. The van der Waals surface area contributed by atoms with Crippen molar-refractivity contribution in [3.05, 3.63) is 42.1 Å². The molecule has 7 heteroatoms. The van der Waals surface area contributed by atoms with Gasteiger partial charge >= 0.3 is 0 Å². The molecule has 1 N–H and O–H groups in total. The van der Waals surface area contributed by atoms with Crippen molar-refractivity contribution in [1.29, 1.82) is 0 Å². The van der Waals surface area contributed by atoms with Crippen molar-refractivity contribution < 1.29 is 4.39 Å². The van der Waals surface area contributed by atoms with Gasteiger partial charge in [-0.05, 0) is 18.6 Å². The molecule has 1 aliphatic heterocycles. The van der Waals surface area contributed by atoms with Gasteiger partial charge in [-0.2, -0.15) is 4.98 Å². The molecule has 0 spiro atoms.